The first-order chi connectivity index (χ1) is 28.1. The summed E-state index contributed by atoms with van der Waals surface area (Å²) in [6, 6.07) is 21.6. The fourth-order valence-corrected chi connectivity index (χ4v) is 6.52. The summed E-state index contributed by atoms with van der Waals surface area (Å²) in [4.78, 5) is 84.6. The summed E-state index contributed by atoms with van der Waals surface area (Å²) < 4.78 is 0. The molecule has 0 saturated carbocycles. The topological polar surface area (TPSA) is 212 Å². The molecule has 1 aliphatic heterocycles. The number of aliphatic hydroxyl groups is 1. The molecule has 59 heavy (non-hydrogen) atoms. The molecule has 5 rings (SSSR count). The van der Waals surface area contributed by atoms with E-state index in [1.165, 1.54) is 47.4 Å². The number of nitrogens with one attached hydrogen (secondary N) is 2. The van der Waals surface area contributed by atoms with E-state index in [9.17, 15) is 33.9 Å². The number of rotatable bonds is 15. The molecule has 1 saturated heterocycles. The lowest BCUT2D eigenvalue weighted by Gasteiger charge is -2.36. The first-order valence-electron chi connectivity index (χ1n) is 19.1. The normalized spacial score (nSPS) is 15.1. The lowest BCUT2D eigenvalue weighted by molar-refractivity contribution is -0.147. The number of nitrogens with two attached hydrogens (primary N) is 1. The van der Waals surface area contributed by atoms with E-state index in [-0.39, 0.29) is 36.0 Å². The zero-order valence-electron chi connectivity index (χ0n) is 33.1. The quantitative estimate of drug-likeness (QED) is 0.108. The van der Waals surface area contributed by atoms with E-state index in [1.54, 1.807) is 53.7 Å². The van der Waals surface area contributed by atoms with Crippen LogP contribution < -0.4 is 21.3 Å². The number of hydrogen-bond acceptors (Lipinski definition) is 8. The third-order valence-corrected chi connectivity index (χ3v) is 9.81. The Kier molecular flexibility index (Phi) is 14.3. The third-order valence-electron chi connectivity index (χ3n) is 9.81. The highest BCUT2D eigenvalue weighted by molar-refractivity contribution is 6.02. The van der Waals surface area contributed by atoms with E-state index in [4.69, 9.17) is 10.8 Å². The van der Waals surface area contributed by atoms with Gasteiger partial charge in [0.1, 0.15) is 12.1 Å². The number of carbonyl (C=O) groups excluding carboxylic acids is 5. The Morgan fingerprint density at radius 2 is 1.53 bits per heavy atom. The second-order valence-electron chi connectivity index (χ2n) is 15.2. The number of pyridine rings is 1. The number of aromatic nitrogens is 1. The number of carboxylic acid groups (broad SMARTS) is 1. The monoisotopic (exact) mass is 800 g/mol. The number of aliphatic hydroxyl groups excluding tert-OH is 1. The van der Waals surface area contributed by atoms with Gasteiger partial charge < -0.3 is 36.4 Å². The molecular weight excluding hydrogens is 753 g/mol. The lowest BCUT2D eigenvalue weighted by Crippen LogP contribution is -2.57. The molecule has 2 heterocycles. The molecule has 2 unspecified atom stereocenters. The van der Waals surface area contributed by atoms with Gasteiger partial charge in [-0.1, -0.05) is 75.4 Å². The molecule has 5 amide bonds. The minimum Gasteiger partial charge on any atom is -0.479 e. The largest absolute Gasteiger partial charge is 0.479 e. The van der Waals surface area contributed by atoms with Crippen molar-refractivity contribution >= 4 is 53.3 Å². The van der Waals surface area contributed by atoms with Crippen LogP contribution in [-0.4, -0.2) is 74.2 Å². The zero-order chi connectivity index (χ0) is 42.7. The van der Waals surface area contributed by atoms with Crippen molar-refractivity contribution in [2.75, 3.05) is 11.4 Å². The highest BCUT2D eigenvalue weighted by atomic mass is 16.4. The van der Waals surface area contributed by atoms with Gasteiger partial charge in [0.05, 0.1) is 6.54 Å². The highest BCUT2D eigenvalue weighted by Crippen LogP contribution is 2.29. The Labute approximate surface area is 342 Å². The summed E-state index contributed by atoms with van der Waals surface area (Å²) in [5, 5.41) is 24.5. The smallest absolute Gasteiger partial charge is 0.337 e. The van der Waals surface area contributed by atoms with E-state index in [2.05, 4.69) is 15.6 Å². The number of nitrogens with zero attached hydrogens (tertiary/aromatic N) is 3. The second-order valence-corrected chi connectivity index (χ2v) is 15.2. The van der Waals surface area contributed by atoms with Crippen molar-refractivity contribution in [1.29, 1.82) is 0 Å². The van der Waals surface area contributed by atoms with Gasteiger partial charge >= 0.3 is 5.97 Å². The number of aliphatic carboxylic acids is 1. The molecule has 14 nitrogen and oxygen atoms in total. The molecule has 1 aromatic heterocycles. The van der Waals surface area contributed by atoms with Gasteiger partial charge in [-0.15, -0.1) is 0 Å². The summed E-state index contributed by atoms with van der Waals surface area (Å²) in [7, 11) is 0. The van der Waals surface area contributed by atoms with E-state index >= 15 is 0 Å². The zero-order valence-corrected chi connectivity index (χ0v) is 33.1. The third kappa shape index (κ3) is 11.8. The fourth-order valence-electron chi connectivity index (χ4n) is 6.52. The summed E-state index contributed by atoms with van der Waals surface area (Å²) in [6.45, 7) is 6.17. The average molecular weight is 801 g/mol. The molecule has 3 atom stereocenters. The molecule has 0 bridgehead atoms. The molecule has 3 aromatic carbocycles. The molecule has 4 aromatic rings. The number of benzene rings is 3. The van der Waals surface area contributed by atoms with Crippen molar-refractivity contribution in [3.05, 3.63) is 143 Å². The second kappa shape index (κ2) is 19.5. The molecule has 0 spiro atoms. The van der Waals surface area contributed by atoms with Crippen molar-refractivity contribution in [2.24, 2.45) is 11.1 Å². The van der Waals surface area contributed by atoms with E-state index in [0.717, 1.165) is 16.7 Å². The summed E-state index contributed by atoms with van der Waals surface area (Å²) in [5.74, 6) is -3.55. The van der Waals surface area contributed by atoms with Crippen molar-refractivity contribution in [3.8, 4) is 0 Å². The van der Waals surface area contributed by atoms with E-state index in [1.807, 2.05) is 51.1 Å². The number of amides is 5. The molecule has 14 heteroatoms. The van der Waals surface area contributed by atoms with Crippen LogP contribution in [0.5, 0.6) is 0 Å². The Bertz CT molecular complexity index is 2200. The van der Waals surface area contributed by atoms with Gasteiger partial charge in [-0.3, -0.25) is 29.0 Å². The van der Waals surface area contributed by atoms with Gasteiger partial charge in [0.15, 0.2) is 6.10 Å². The maximum Gasteiger partial charge on any atom is 0.337 e. The summed E-state index contributed by atoms with van der Waals surface area (Å²) in [6.07, 6.45) is 8.47. The number of carboxylic acids is 1. The number of anilines is 1. The first-order valence-corrected chi connectivity index (χ1v) is 19.1. The van der Waals surface area contributed by atoms with Crippen LogP contribution in [0.2, 0.25) is 0 Å². The maximum atomic E-state index is 14.6. The van der Waals surface area contributed by atoms with E-state index < -0.39 is 47.3 Å². The first kappa shape index (κ1) is 43.2. The number of hydrogen-bond donors (Lipinski definition) is 5. The van der Waals surface area contributed by atoms with Gasteiger partial charge in [-0.05, 0) is 88.6 Å². The molecule has 1 aliphatic rings. The molecular formula is C45H48N6O8. The Morgan fingerprint density at radius 1 is 0.881 bits per heavy atom. The summed E-state index contributed by atoms with van der Waals surface area (Å²) >= 11 is 0. The van der Waals surface area contributed by atoms with Crippen LogP contribution in [0, 0.1) is 5.41 Å². The molecule has 6 N–H and O–H groups in total. The minimum absolute atomic E-state index is 0.133. The molecule has 0 radical (unpaired) electrons. The summed E-state index contributed by atoms with van der Waals surface area (Å²) in [5.41, 5.74) is 8.69. The van der Waals surface area contributed by atoms with Gasteiger partial charge in [-0.2, -0.15) is 0 Å². The number of primary amides is 1. The maximum absolute atomic E-state index is 14.6. The standard InChI is InChI=1S/C45H48N6O8/c1-45(2,3)40(49-38(53)23-14-29-12-16-33(17-13-29)39(54)44(58)59)43(57)50-25-5-7-36(50)42(56)51(35-20-18-34(19-21-35)41(46)55)28-32-10-8-31(9-11-32)27-48-37(52)22-15-30-6-4-24-47-26-30/h4,6,8-24,26,36,39-40,54H,5,7,25,27-28H2,1-3H3,(H2,46,55)(H,48,52)(H,49,53)(H,58,59)/b22-15+,23-14+/t36?,39?,40-/m1/s1. The predicted octanol–water partition coefficient (Wildman–Crippen LogP) is 4.40. The molecule has 0 aliphatic carbocycles. The van der Waals surface area contributed by atoms with Crippen LogP contribution in [-0.2, 0) is 37.1 Å². The van der Waals surface area contributed by atoms with Crippen molar-refractivity contribution in [2.45, 2.75) is 64.9 Å². The van der Waals surface area contributed by atoms with Crippen LogP contribution in [0.15, 0.2) is 109 Å². The van der Waals surface area contributed by atoms with Gasteiger partial charge in [0, 0.05) is 48.9 Å². The minimum atomic E-state index is -1.67. The Balaban J connectivity index is 1.30. The van der Waals surface area contributed by atoms with Crippen LogP contribution in [0.3, 0.4) is 0 Å². The highest BCUT2D eigenvalue weighted by Gasteiger charge is 2.43. The Morgan fingerprint density at radius 3 is 2.14 bits per heavy atom. The fraction of sp³-hybridized carbons (Fsp3) is 0.267. The van der Waals surface area contributed by atoms with Crippen molar-refractivity contribution in [1.82, 2.24) is 20.5 Å². The molecule has 1 fully saturated rings. The SMILES string of the molecule is CC(C)(C)[C@H](NC(=O)/C=C/c1ccc(C(O)C(=O)O)cc1)C(=O)N1CCCC1C(=O)N(Cc1ccc(CNC(=O)/C=C/c2cccnc2)cc1)c1ccc(C(N)=O)cc1. The van der Waals surface area contributed by atoms with Crippen LogP contribution in [0.1, 0.15) is 77.9 Å². The average Bonchev–Trinajstić information content (AvgIpc) is 3.73. The van der Waals surface area contributed by atoms with Crippen LogP contribution in [0.25, 0.3) is 12.2 Å². The number of likely N-dealkylation sites (tertiary alicyclic amines) is 1. The van der Waals surface area contributed by atoms with Gasteiger partial charge in [0.2, 0.25) is 29.5 Å². The van der Waals surface area contributed by atoms with Crippen LogP contribution in [0.4, 0.5) is 5.69 Å². The molecule has 306 valence electrons. The Hall–Kier alpha value is -6.93. The predicted molar refractivity (Wildman–Crippen MR) is 222 cm³/mol. The number of carbonyl (C=O) groups is 6. The lowest BCUT2D eigenvalue weighted by atomic mass is 9.85. The van der Waals surface area contributed by atoms with Crippen LogP contribution >= 0.6 is 0 Å². The van der Waals surface area contributed by atoms with Crippen molar-refractivity contribution in [3.63, 3.8) is 0 Å². The van der Waals surface area contributed by atoms with Gasteiger partial charge in [0.25, 0.3) is 0 Å². The van der Waals surface area contributed by atoms with Gasteiger partial charge in [-0.25, -0.2) is 4.79 Å². The van der Waals surface area contributed by atoms with Crippen molar-refractivity contribution < 1.29 is 39.0 Å². The van der Waals surface area contributed by atoms with E-state index in [0.29, 0.717) is 30.6 Å².